The minimum atomic E-state index is 0.0733. The van der Waals surface area contributed by atoms with Gasteiger partial charge in [-0.3, -0.25) is 0 Å². The summed E-state index contributed by atoms with van der Waals surface area (Å²) < 4.78 is 6.71. The topological polar surface area (TPSA) is 21.3 Å². The van der Waals surface area contributed by atoms with Crippen LogP contribution in [-0.4, -0.2) is 13.7 Å². The summed E-state index contributed by atoms with van der Waals surface area (Å²) in [5, 5.41) is 3.62. The second-order valence-corrected chi connectivity index (χ2v) is 5.93. The van der Waals surface area contributed by atoms with Crippen LogP contribution in [0.2, 0.25) is 0 Å². The number of benzene rings is 1. The molecular weight excluding hydrogens is 278 g/mol. The van der Waals surface area contributed by atoms with Crippen LogP contribution in [0, 0.1) is 13.8 Å². The van der Waals surface area contributed by atoms with Crippen LogP contribution >= 0.6 is 15.9 Å². The zero-order valence-electron chi connectivity index (χ0n) is 11.0. The van der Waals surface area contributed by atoms with Crippen LogP contribution in [0.1, 0.15) is 36.5 Å². The molecule has 17 heavy (non-hydrogen) atoms. The van der Waals surface area contributed by atoms with Crippen molar-refractivity contribution in [1.82, 2.24) is 5.32 Å². The summed E-state index contributed by atoms with van der Waals surface area (Å²) >= 11 is 3.71. The maximum Gasteiger partial charge on any atom is 0.125 e. The minimum Gasteiger partial charge on any atom is -0.496 e. The third-order valence-electron chi connectivity index (χ3n) is 3.78. The molecule has 2 nitrogen and oxygen atoms in total. The van der Waals surface area contributed by atoms with Crippen molar-refractivity contribution >= 4 is 15.9 Å². The van der Waals surface area contributed by atoms with Gasteiger partial charge in [-0.15, -0.1) is 0 Å². The molecule has 1 atom stereocenters. The monoisotopic (exact) mass is 297 g/mol. The number of hydrogen-bond acceptors (Lipinski definition) is 2. The number of aryl methyl sites for hydroxylation is 1. The van der Waals surface area contributed by atoms with Crippen molar-refractivity contribution in [3.8, 4) is 5.75 Å². The third-order valence-corrected chi connectivity index (χ3v) is 4.41. The molecule has 0 spiro atoms. The van der Waals surface area contributed by atoms with Crippen molar-refractivity contribution < 1.29 is 4.74 Å². The van der Waals surface area contributed by atoms with E-state index < -0.39 is 0 Å². The van der Waals surface area contributed by atoms with E-state index in [-0.39, 0.29) is 5.54 Å². The first-order valence-electron chi connectivity index (χ1n) is 6.09. The van der Waals surface area contributed by atoms with Crippen molar-refractivity contribution in [2.45, 2.75) is 39.2 Å². The highest BCUT2D eigenvalue weighted by Crippen LogP contribution is 2.41. The van der Waals surface area contributed by atoms with Crippen LogP contribution in [0.3, 0.4) is 0 Å². The van der Waals surface area contributed by atoms with Gasteiger partial charge >= 0.3 is 0 Å². The molecule has 1 unspecified atom stereocenters. The van der Waals surface area contributed by atoms with Crippen LogP contribution < -0.4 is 10.1 Å². The van der Waals surface area contributed by atoms with Crippen molar-refractivity contribution in [1.29, 1.82) is 0 Å². The summed E-state index contributed by atoms with van der Waals surface area (Å²) in [7, 11) is 1.75. The molecule has 0 amide bonds. The van der Waals surface area contributed by atoms with Gasteiger partial charge in [0.05, 0.1) is 7.11 Å². The smallest absolute Gasteiger partial charge is 0.125 e. The lowest BCUT2D eigenvalue weighted by atomic mass is 9.86. The van der Waals surface area contributed by atoms with E-state index in [4.69, 9.17) is 4.74 Å². The molecule has 1 fully saturated rings. The molecule has 1 saturated heterocycles. The number of nitrogens with one attached hydrogen (secondary N) is 1. The van der Waals surface area contributed by atoms with Crippen LogP contribution in [0.4, 0.5) is 0 Å². The third kappa shape index (κ3) is 2.11. The van der Waals surface area contributed by atoms with Crippen LogP contribution in [0.15, 0.2) is 10.5 Å². The minimum absolute atomic E-state index is 0.0733. The highest BCUT2D eigenvalue weighted by atomic mass is 79.9. The summed E-state index contributed by atoms with van der Waals surface area (Å²) in [5.74, 6) is 1.01. The van der Waals surface area contributed by atoms with Crippen LogP contribution in [-0.2, 0) is 5.54 Å². The summed E-state index contributed by atoms with van der Waals surface area (Å²) in [5.41, 5.74) is 3.85. The Morgan fingerprint density at radius 1 is 1.41 bits per heavy atom. The summed E-state index contributed by atoms with van der Waals surface area (Å²) in [4.78, 5) is 0. The zero-order valence-corrected chi connectivity index (χ0v) is 12.6. The molecule has 1 aromatic rings. The van der Waals surface area contributed by atoms with E-state index in [0.29, 0.717) is 0 Å². The van der Waals surface area contributed by atoms with Gasteiger partial charge in [0.2, 0.25) is 0 Å². The van der Waals surface area contributed by atoms with Gasteiger partial charge in [-0.2, -0.15) is 0 Å². The van der Waals surface area contributed by atoms with Gasteiger partial charge < -0.3 is 10.1 Å². The lowest BCUT2D eigenvalue weighted by Gasteiger charge is -2.29. The Morgan fingerprint density at radius 3 is 2.65 bits per heavy atom. The largest absolute Gasteiger partial charge is 0.496 e. The highest BCUT2D eigenvalue weighted by molar-refractivity contribution is 9.10. The molecule has 1 aromatic carbocycles. The first kappa shape index (κ1) is 12.9. The van der Waals surface area contributed by atoms with Crippen molar-refractivity contribution in [3.05, 3.63) is 27.2 Å². The Morgan fingerprint density at radius 2 is 2.12 bits per heavy atom. The molecule has 0 bridgehead atoms. The molecule has 1 N–H and O–H groups in total. The van der Waals surface area contributed by atoms with Gasteiger partial charge in [0.1, 0.15) is 5.75 Å². The average molecular weight is 298 g/mol. The number of hydrogen-bond donors (Lipinski definition) is 1. The van der Waals surface area contributed by atoms with E-state index in [1.807, 2.05) is 0 Å². The molecule has 1 aliphatic rings. The van der Waals surface area contributed by atoms with Crippen molar-refractivity contribution in [2.75, 3.05) is 13.7 Å². The molecule has 3 heteroatoms. The number of halogens is 1. The van der Waals surface area contributed by atoms with E-state index in [1.54, 1.807) is 7.11 Å². The maximum absolute atomic E-state index is 5.53. The fourth-order valence-corrected chi connectivity index (χ4v) is 4.09. The van der Waals surface area contributed by atoms with Gasteiger partial charge in [0.15, 0.2) is 0 Å². The maximum atomic E-state index is 5.53. The van der Waals surface area contributed by atoms with Crippen LogP contribution in [0.5, 0.6) is 5.75 Å². The van der Waals surface area contributed by atoms with Crippen LogP contribution in [0.25, 0.3) is 0 Å². The number of ether oxygens (including phenoxy) is 1. The zero-order chi connectivity index (χ0) is 12.6. The second kappa shape index (κ2) is 4.62. The Labute approximate surface area is 112 Å². The molecule has 0 saturated carbocycles. The molecule has 1 heterocycles. The first-order valence-corrected chi connectivity index (χ1v) is 6.88. The molecule has 0 aliphatic carbocycles. The van der Waals surface area contributed by atoms with Gasteiger partial charge in [-0.05, 0) is 62.9 Å². The molecular formula is C14H20BrNO. The Bertz CT molecular complexity index is 436. The summed E-state index contributed by atoms with van der Waals surface area (Å²) in [6, 6.07) is 2.16. The SMILES string of the molecule is COc1c(C)cc(Br)c(C2(C)CCCN2)c1C. The fourth-order valence-electron chi connectivity index (χ4n) is 3.02. The van der Waals surface area contributed by atoms with E-state index in [1.165, 1.54) is 34.0 Å². The molecule has 94 valence electrons. The highest BCUT2D eigenvalue weighted by Gasteiger charge is 2.34. The Balaban J connectivity index is 2.60. The number of methoxy groups -OCH3 is 1. The predicted molar refractivity (Wildman–Crippen MR) is 74.8 cm³/mol. The standard InChI is InChI=1S/C14H20BrNO/c1-9-8-11(15)12(10(2)13(9)17-4)14(3)6-5-7-16-14/h8,16H,5-7H2,1-4H3. The summed E-state index contributed by atoms with van der Waals surface area (Å²) in [6.07, 6.45) is 2.41. The average Bonchev–Trinajstić information content (AvgIpc) is 2.65. The molecule has 2 rings (SSSR count). The quantitative estimate of drug-likeness (QED) is 0.899. The second-order valence-electron chi connectivity index (χ2n) is 5.07. The fraction of sp³-hybridized carbons (Fsp3) is 0.571. The van der Waals surface area contributed by atoms with E-state index in [0.717, 1.165) is 12.3 Å². The normalized spacial score (nSPS) is 24.1. The lowest BCUT2D eigenvalue weighted by molar-refractivity contribution is 0.395. The lowest BCUT2D eigenvalue weighted by Crippen LogP contribution is -2.34. The van der Waals surface area contributed by atoms with E-state index in [2.05, 4.69) is 48.1 Å². The molecule has 1 aliphatic heterocycles. The van der Waals surface area contributed by atoms with E-state index in [9.17, 15) is 0 Å². The van der Waals surface area contributed by atoms with Gasteiger partial charge in [0.25, 0.3) is 0 Å². The Kier molecular flexibility index (Phi) is 3.50. The first-order chi connectivity index (χ1) is 7.99. The van der Waals surface area contributed by atoms with Gasteiger partial charge in [0, 0.05) is 10.0 Å². The summed E-state index contributed by atoms with van der Waals surface area (Å²) in [6.45, 7) is 7.61. The Hall–Kier alpha value is -0.540. The predicted octanol–water partition coefficient (Wildman–Crippen LogP) is 3.67. The van der Waals surface area contributed by atoms with E-state index >= 15 is 0 Å². The molecule has 0 radical (unpaired) electrons. The molecule has 0 aromatic heterocycles. The van der Waals surface area contributed by atoms with Crippen molar-refractivity contribution in [3.63, 3.8) is 0 Å². The van der Waals surface area contributed by atoms with Crippen molar-refractivity contribution in [2.24, 2.45) is 0 Å². The number of rotatable bonds is 2. The van der Waals surface area contributed by atoms with Gasteiger partial charge in [-0.1, -0.05) is 15.9 Å². The van der Waals surface area contributed by atoms with Gasteiger partial charge in [-0.25, -0.2) is 0 Å².